The number of fused-ring (bicyclic) bond motifs is 2. The van der Waals surface area contributed by atoms with Crippen LogP contribution in [-0.2, 0) is 20.7 Å². The number of hydrogen-bond donors (Lipinski definition) is 3. The molecule has 9 heteroatoms. The smallest absolute Gasteiger partial charge is 0.330 e. The van der Waals surface area contributed by atoms with E-state index in [-0.39, 0.29) is 53.4 Å². The first-order chi connectivity index (χ1) is 22.0. The van der Waals surface area contributed by atoms with Crippen molar-refractivity contribution in [2.24, 2.45) is 11.8 Å². The van der Waals surface area contributed by atoms with Crippen LogP contribution in [0.25, 0.3) is 6.08 Å². The highest BCUT2D eigenvalue weighted by molar-refractivity contribution is 6.19. The van der Waals surface area contributed by atoms with Crippen LogP contribution in [0.4, 0.5) is 0 Å². The van der Waals surface area contributed by atoms with Crippen LogP contribution in [0.1, 0.15) is 95.6 Å². The second-order valence-electron chi connectivity index (χ2n) is 14.7. The lowest BCUT2D eigenvalue weighted by Crippen LogP contribution is -2.72. The average molecular weight is 645 g/mol. The summed E-state index contributed by atoms with van der Waals surface area (Å²) in [5, 5.41) is 31.3. The second kappa shape index (κ2) is 11.1. The predicted octanol–water partition coefficient (Wildman–Crippen LogP) is 6.21. The maximum Gasteiger partial charge on any atom is 0.330 e. The van der Waals surface area contributed by atoms with E-state index in [2.05, 4.69) is 6.08 Å². The third-order valence-electron chi connectivity index (χ3n) is 10.7. The van der Waals surface area contributed by atoms with E-state index < -0.39 is 46.0 Å². The van der Waals surface area contributed by atoms with Crippen LogP contribution in [0.2, 0.25) is 0 Å². The molecule has 5 atom stereocenters. The van der Waals surface area contributed by atoms with Gasteiger partial charge in [0.15, 0.2) is 22.8 Å². The molecule has 4 bridgehead atoms. The molecule has 0 radical (unpaired) electrons. The fraction of sp³-hybridized carbons (Fsp3) is 0.500. The quantitative estimate of drug-likeness (QED) is 0.211. The van der Waals surface area contributed by atoms with E-state index in [0.29, 0.717) is 35.3 Å². The summed E-state index contributed by atoms with van der Waals surface area (Å²) in [6.45, 7) is 12.9. The zero-order valence-corrected chi connectivity index (χ0v) is 28.2. The first-order valence-corrected chi connectivity index (χ1v) is 16.3. The largest absolute Gasteiger partial charge is 0.506 e. The Morgan fingerprint density at radius 2 is 1.77 bits per heavy atom. The molecule has 6 aliphatic rings. The number of allylic oxidation sites excluding steroid dienone is 4. The third kappa shape index (κ3) is 4.76. The molecule has 1 aromatic carbocycles. The van der Waals surface area contributed by atoms with Crippen molar-refractivity contribution in [3.8, 4) is 17.2 Å². The number of carbonyl (C=O) groups excluding carboxylic acids is 2. The molecule has 3 aliphatic carbocycles. The minimum Gasteiger partial charge on any atom is -0.506 e. The molecule has 47 heavy (non-hydrogen) atoms. The third-order valence-corrected chi connectivity index (χ3v) is 10.7. The number of ketones is 2. The summed E-state index contributed by atoms with van der Waals surface area (Å²) in [4.78, 5) is 40.8. The van der Waals surface area contributed by atoms with E-state index in [4.69, 9.17) is 14.2 Å². The van der Waals surface area contributed by atoms with E-state index in [1.54, 1.807) is 19.1 Å². The molecule has 9 nitrogen and oxygen atoms in total. The van der Waals surface area contributed by atoms with Gasteiger partial charge >= 0.3 is 5.97 Å². The van der Waals surface area contributed by atoms with E-state index in [1.807, 2.05) is 46.8 Å². The lowest BCUT2D eigenvalue weighted by atomic mass is 9.51. The first kappa shape index (κ1) is 33.0. The number of rotatable bonds is 9. The van der Waals surface area contributed by atoms with Crippen molar-refractivity contribution in [1.82, 2.24) is 0 Å². The fourth-order valence-electron chi connectivity index (χ4n) is 8.21. The lowest BCUT2D eigenvalue weighted by molar-refractivity contribution is -0.171. The van der Waals surface area contributed by atoms with Gasteiger partial charge in [-0.25, -0.2) is 4.79 Å². The standard InChI is InChI=1S/C38H44O9/c1-20(2)9-8-14-36(7)15-13-24-29(40)28-30(41)26-17-23-18-27-35(5,6)47-37(33(23)42,16-12-22(4)34(43)44)38(26,27)46-32(28)25(31(24)45-36)11-10-21(3)19-39/h9-10,12-13,15,17,23,27,39-40H,8,11,14,16,18-19H2,1-7H3,(H,43,44)/b21-10+,22-12-/t23-,27+,36-,37-,38+/m0/s1. The molecule has 3 heterocycles. The van der Waals surface area contributed by atoms with Crippen molar-refractivity contribution in [2.75, 3.05) is 6.61 Å². The predicted molar refractivity (Wildman–Crippen MR) is 176 cm³/mol. The molecule has 0 amide bonds. The number of phenolic OH excluding ortho intramolecular Hbond substituents is 1. The number of aliphatic hydroxyl groups is 1. The van der Waals surface area contributed by atoms with Crippen LogP contribution in [0, 0.1) is 11.8 Å². The van der Waals surface area contributed by atoms with Gasteiger partial charge in [0.05, 0.1) is 17.8 Å². The van der Waals surface area contributed by atoms with E-state index in [1.165, 1.54) is 18.6 Å². The van der Waals surface area contributed by atoms with Crippen LogP contribution >= 0.6 is 0 Å². The molecular formula is C38H44O9. The van der Waals surface area contributed by atoms with E-state index >= 15 is 0 Å². The van der Waals surface area contributed by atoms with Gasteiger partial charge in [0, 0.05) is 35.0 Å². The molecule has 1 spiro atoms. The molecular weight excluding hydrogens is 600 g/mol. The Bertz CT molecular complexity index is 1750. The molecule has 2 fully saturated rings. The van der Waals surface area contributed by atoms with Crippen molar-refractivity contribution in [2.45, 2.75) is 103 Å². The summed E-state index contributed by atoms with van der Waals surface area (Å²) in [7, 11) is 0. The Balaban J connectivity index is 1.59. The number of Topliss-reactive ketones (excluding diaryl/α,β-unsaturated/α-hetero) is 2. The Kier molecular flexibility index (Phi) is 7.76. The molecule has 0 aromatic heterocycles. The second-order valence-corrected chi connectivity index (χ2v) is 14.7. The maximum atomic E-state index is 14.7. The molecule has 250 valence electrons. The fourth-order valence-corrected chi connectivity index (χ4v) is 8.21. The molecule has 0 unspecified atom stereocenters. The van der Waals surface area contributed by atoms with Gasteiger partial charge in [0.2, 0.25) is 0 Å². The van der Waals surface area contributed by atoms with E-state index in [9.17, 15) is 29.7 Å². The SMILES string of the molecule is CC(C)=CCC[C@@]1(C)C=Cc2c(O)c3c(c(C/C=C(\C)CO)c2O1)O[C@]12C(=C[C@H]4C[C@@H]1C(C)(C)O[C@@]2(C/C=C(/C)C(=O)O)C4=O)C3=O. The van der Waals surface area contributed by atoms with Gasteiger partial charge in [-0.1, -0.05) is 35.5 Å². The molecule has 1 saturated heterocycles. The normalized spacial score (nSPS) is 31.4. The van der Waals surface area contributed by atoms with Crippen LogP contribution in [0.3, 0.4) is 0 Å². The van der Waals surface area contributed by atoms with Crippen LogP contribution in [0.15, 0.2) is 52.7 Å². The van der Waals surface area contributed by atoms with Gasteiger partial charge in [-0.05, 0) is 86.3 Å². The zero-order valence-electron chi connectivity index (χ0n) is 28.2. The number of aromatic hydroxyl groups is 1. The van der Waals surface area contributed by atoms with Crippen molar-refractivity contribution < 1.29 is 43.9 Å². The zero-order chi connectivity index (χ0) is 34.3. The van der Waals surface area contributed by atoms with Gasteiger partial charge in [-0.3, -0.25) is 9.59 Å². The molecule has 1 saturated carbocycles. The maximum absolute atomic E-state index is 14.7. The average Bonchev–Trinajstić information content (AvgIpc) is 3.16. The minimum absolute atomic E-state index is 0.00307. The number of aliphatic hydroxyl groups excluding tert-OH is 1. The highest BCUT2D eigenvalue weighted by Crippen LogP contribution is 2.68. The number of aliphatic carboxylic acids is 1. The van der Waals surface area contributed by atoms with Gasteiger partial charge in [0.1, 0.15) is 28.4 Å². The Morgan fingerprint density at radius 3 is 2.43 bits per heavy atom. The minimum atomic E-state index is -1.67. The highest BCUT2D eigenvalue weighted by atomic mass is 16.6. The van der Waals surface area contributed by atoms with Crippen LogP contribution in [-0.4, -0.2) is 61.9 Å². The summed E-state index contributed by atoms with van der Waals surface area (Å²) < 4.78 is 20.5. The number of ether oxygens (including phenoxy) is 3. The monoisotopic (exact) mass is 644 g/mol. The Labute approximate surface area is 275 Å². The Morgan fingerprint density at radius 1 is 1.04 bits per heavy atom. The molecule has 1 aromatic rings. The van der Waals surface area contributed by atoms with Gasteiger partial charge in [-0.15, -0.1) is 0 Å². The summed E-state index contributed by atoms with van der Waals surface area (Å²) in [6.07, 6.45) is 12.7. The van der Waals surface area contributed by atoms with Crippen molar-refractivity contribution in [3.63, 3.8) is 0 Å². The van der Waals surface area contributed by atoms with Gasteiger partial charge in [-0.2, -0.15) is 0 Å². The van der Waals surface area contributed by atoms with Crippen molar-refractivity contribution >= 4 is 23.6 Å². The van der Waals surface area contributed by atoms with E-state index in [0.717, 1.165) is 6.42 Å². The summed E-state index contributed by atoms with van der Waals surface area (Å²) >= 11 is 0. The van der Waals surface area contributed by atoms with Gasteiger partial charge in [0.25, 0.3) is 0 Å². The molecule has 3 N–H and O–H groups in total. The molecule has 3 aliphatic heterocycles. The van der Waals surface area contributed by atoms with Crippen LogP contribution < -0.4 is 9.47 Å². The first-order valence-electron chi connectivity index (χ1n) is 16.3. The summed E-state index contributed by atoms with van der Waals surface area (Å²) in [5.74, 6) is -2.63. The summed E-state index contributed by atoms with van der Waals surface area (Å²) in [6, 6.07) is 0. The number of carboxylic acids is 1. The molecule has 7 rings (SSSR count). The van der Waals surface area contributed by atoms with Crippen molar-refractivity contribution in [1.29, 1.82) is 0 Å². The summed E-state index contributed by atoms with van der Waals surface area (Å²) in [5.41, 5.74) is -1.78. The number of carboxylic acid groups (broad SMARTS) is 1. The van der Waals surface area contributed by atoms with Gasteiger partial charge < -0.3 is 29.5 Å². The number of hydrogen-bond acceptors (Lipinski definition) is 8. The topological polar surface area (TPSA) is 140 Å². The lowest BCUT2D eigenvalue weighted by Gasteiger charge is -2.56. The Hall–Kier alpha value is -3.95. The number of phenols is 1. The van der Waals surface area contributed by atoms with Crippen LogP contribution in [0.5, 0.6) is 17.2 Å². The van der Waals surface area contributed by atoms with Crippen molar-refractivity contribution in [3.05, 3.63) is 69.4 Å². The highest BCUT2D eigenvalue weighted by Gasteiger charge is 2.81. The number of benzene rings is 1. The number of carbonyl (C=O) groups is 3.